The van der Waals surface area contributed by atoms with Gasteiger partial charge in [-0.15, -0.1) is 0 Å². The molecule has 0 aromatic carbocycles. The highest BCUT2D eigenvalue weighted by molar-refractivity contribution is 7.99. The van der Waals surface area contributed by atoms with Crippen molar-refractivity contribution in [2.24, 2.45) is 0 Å². The number of sulfone groups is 3. The van der Waals surface area contributed by atoms with Gasteiger partial charge in [0.15, 0.2) is 29.5 Å². The molecule has 0 amide bonds. The summed E-state index contributed by atoms with van der Waals surface area (Å²) < 4.78 is 74.8. The van der Waals surface area contributed by atoms with Gasteiger partial charge >= 0.3 is 0 Å². The average molecular weight is 387 g/mol. The van der Waals surface area contributed by atoms with Crippen LogP contribution in [0.15, 0.2) is 0 Å². The van der Waals surface area contributed by atoms with Crippen molar-refractivity contribution in [3.8, 4) is 0 Å². The molecule has 0 aromatic rings. The monoisotopic (exact) mass is 386 g/mol. The molecule has 2 saturated heterocycles. The van der Waals surface area contributed by atoms with Crippen molar-refractivity contribution >= 4 is 29.5 Å². The van der Waals surface area contributed by atoms with Gasteiger partial charge in [0.2, 0.25) is 0 Å². The molecule has 23 heavy (non-hydrogen) atoms. The summed E-state index contributed by atoms with van der Waals surface area (Å²) >= 11 is 0. The second-order valence-electron chi connectivity index (χ2n) is 6.63. The van der Waals surface area contributed by atoms with Crippen molar-refractivity contribution in [3.05, 3.63) is 0 Å². The van der Waals surface area contributed by atoms with Crippen molar-refractivity contribution in [2.75, 3.05) is 11.5 Å². The first-order valence-corrected chi connectivity index (χ1v) is 13.3. The van der Waals surface area contributed by atoms with Crippen LogP contribution in [0.3, 0.4) is 0 Å². The molecule has 2 fully saturated rings. The van der Waals surface area contributed by atoms with Gasteiger partial charge in [-0.2, -0.15) is 0 Å². The van der Waals surface area contributed by atoms with Gasteiger partial charge in [0.05, 0.1) is 32.5 Å². The summed E-state index contributed by atoms with van der Waals surface area (Å²) in [5.74, 6) is -0.223. The van der Waals surface area contributed by atoms with E-state index in [0.717, 1.165) is 0 Å². The van der Waals surface area contributed by atoms with Crippen LogP contribution >= 0.6 is 0 Å². The fraction of sp³-hybridized carbons (Fsp3) is 1.00. The van der Waals surface area contributed by atoms with Gasteiger partial charge in [-0.05, 0) is 25.7 Å². The maximum absolute atomic E-state index is 13.1. The summed E-state index contributed by atoms with van der Waals surface area (Å²) in [7, 11) is -10.6. The molecule has 0 aliphatic carbocycles. The summed E-state index contributed by atoms with van der Waals surface area (Å²) in [6, 6.07) is 0. The first-order valence-electron chi connectivity index (χ1n) is 8.23. The highest BCUT2D eigenvalue weighted by Gasteiger charge is 2.54. The Morgan fingerprint density at radius 3 is 1.43 bits per heavy atom. The van der Waals surface area contributed by atoms with Gasteiger partial charge in [-0.3, -0.25) is 0 Å². The maximum atomic E-state index is 13.1. The molecule has 2 aliphatic heterocycles. The average Bonchev–Trinajstić information content (AvgIpc) is 2.90. The molecule has 2 heterocycles. The van der Waals surface area contributed by atoms with Crippen molar-refractivity contribution in [3.63, 3.8) is 0 Å². The van der Waals surface area contributed by atoms with E-state index >= 15 is 0 Å². The molecular formula is C14H26O6S3. The lowest BCUT2D eigenvalue weighted by molar-refractivity contribution is 0.532. The largest absolute Gasteiger partial charge is 0.229 e. The van der Waals surface area contributed by atoms with E-state index in [1.54, 1.807) is 0 Å². The third-order valence-corrected chi connectivity index (χ3v) is 12.9. The molecule has 2 rings (SSSR count). The van der Waals surface area contributed by atoms with Crippen LogP contribution in [0.1, 0.15) is 52.4 Å². The van der Waals surface area contributed by atoms with Crippen LogP contribution in [0.4, 0.5) is 0 Å². The van der Waals surface area contributed by atoms with Gasteiger partial charge < -0.3 is 0 Å². The lowest BCUT2D eigenvalue weighted by atomic mass is 10.1. The Morgan fingerprint density at radius 1 is 0.783 bits per heavy atom. The van der Waals surface area contributed by atoms with E-state index in [2.05, 4.69) is 0 Å². The second-order valence-corrected chi connectivity index (χ2v) is 13.7. The number of rotatable bonds is 6. The predicted molar refractivity (Wildman–Crippen MR) is 90.7 cm³/mol. The molecule has 0 spiro atoms. The molecule has 0 aromatic heterocycles. The van der Waals surface area contributed by atoms with Gasteiger partial charge in [-0.25, -0.2) is 25.3 Å². The van der Waals surface area contributed by atoms with Crippen LogP contribution < -0.4 is 0 Å². The quantitative estimate of drug-likeness (QED) is 0.677. The Morgan fingerprint density at radius 2 is 1.13 bits per heavy atom. The summed E-state index contributed by atoms with van der Waals surface area (Å²) in [5, 5.41) is -3.62. The Balaban J connectivity index is 2.38. The minimum atomic E-state index is -3.78. The first kappa shape index (κ1) is 19.2. The first-order chi connectivity index (χ1) is 10.6. The zero-order chi connectivity index (χ0) is 17.5. The van der Waals surface area contributed by atoms with Gasteiger partial charge in [0.1, 0.15) is 0 Å². The van der Waals surface area contributed by atoms with Crippen molar-refractivity contribution in [1.29, 1.82) is 0 Å². The zero-order valence-corrected chi connectivity index (χ0v) is 16.1. The van der Waals surface area contributed by atoms with Crippen LogP contribution in [0.2, 0.25) is 0 Å². The smallest absolute Gasteiger partial charge is 0.158 e. The Kier molecular flexibility index (Phi) is 5.53. The molecule has 2 aliphatic rings. The SMILES string of the molecule is CCCC1C(S(=O)(=O)C2CCS(=O)(=O)C2CCC)CCS1(=O)=O. The Bertz CT molecular complexity index is 677. The summed E-state index contributed by atoms with van der Waals surface area (Å²) in [4.78, 5) is 0. The Labute approximate surface area is 139 Å². The fourth-order valence-electron chi connectivity index (χ4n) is 3.97. The van der Waals surface area contributed by atoms with Crippen LogP contribution in [0.25, 0.3) is 0 Å². The van der Waals surface area contributed by atoms with Crippen LogP contribution in [-0.2, 0) is 29.5 Å². The minimum Gasteiger partial charge on any atom is -0.229 e. The summed E-state index contributed by atoms with van der Waals surface area (Å²) in [6.07, 6.45) is 2.04. The topological polar surface area (TPSA) is 102 Å². The molecule has 0 radical (unpaired) electrons. The second kappa shape index (κ2) is 6.63. The van der Waals surface area contributed by atoms with E-state index < -0.39 is 50.5 Å². The molecular weight excluding hydrogens is 360 g/mol. The highest BCUT2D eigenvalue weighted by atomic mass is 32.2. The Hall–Kier alpha value is -0.150. The normalized spacial score (nSPS) is 36.3. The third-order valence-electron chi connectivity index (χ3n) is 5.12. The van der Waals surface area contributed by atoms with Crippen molar-refractivity contribution in [2.45, 2.75) is 73.4 Å². The molecule has 6 nitrogen and oxygen atoms in total. The van der Waals surface area contributed by atoms with E-state index in [0.29, 0.717) is 25.7 Å². The van der Waals surface area contributed by atoms with Gasteiger partial charge in [0, 0.05) is 0 Å². The fourth-order valence-corrected chi connectivity index (χ4v) is 12.8. The molecule has 136 valence electrons. The predicted octanol–water partition coefficient (Wildman–Crippen LogP) is 1.11. The molecule has 4 unspecified atom stereocenters. The molecule has 9 heteroatoms. The van der Waals surface area contributed by atoms with Crippen LogP contribution in [0.5, 0.6) is 0 Å². The summed E-state index contributed by atoms with van der Waals surface area (Å²) in [6.45, 7) is 3.66. The molecule has 4 atom stereocenters. The van der Waals surface area contributed by atoms with Crippen molar-refractivity contribution in [1.82, 2.24) is 0 Å². The van der Waals surface area contributed by atoms with Crippen molar-refractivity contribution < 1.29 is 25.3 Å². The minimum absolute atomic E-state index is 0.102. The van der Waals surface area contributed by atoms with Crippen LogP contribution in [0, 0.1) is 0 Å². The maximum Gasteiger partial charge on any atom is 0.158 e. The van der Waals surface area contributed by atoms with Gasteiger partial charge in [-0.1, -0.05) is 26.7 Å². The molecule has 0 saturated carbocycles. The van der Waals surface area contributed by atoms with Gasteiger partial charge in [0.25, 0.3) is 0 Å². The van der Waals surface area contributed by atoms with E-state index in [1.165, 1.54) is 0 Å². The lowest BCUT2D eigenvalue weighted by Gasteiger charge is -2.25. The van der Waals surface area contributed by atoms with E-state index in [1.807, 2.05) is 13.8 Å². The molecule has 0 N–H and O–H groups in total. The number of hydrogen-bond donors (Lipinski definition) is 0. The summed E-state index contributed by atoms with van der Waals surface area (Å²) in [5.41, 5.74) is 0. The zero-order valence-electron chi connectivity index (χ0n) is 13.6. The van der Waals surface area contributed by atoms with E-state index in [9.17, 15) is 25.3 Å². The van der Waals surface area contributed by atoms with Crippen LogP contribution in [-0.4, -0.2) is 57.8 Å². The lowest BCUT2D eigenvalue weighted by Crippen LogP contribution is -2.43. The standard InChI is InChI=1S/C14H26O6S3/c1-3-5-11-13(7-9-21(11,15)16)23(19,20)14-8-10-22(17,18)12(14)6-4-2/h11-14H,3-10H2,1-2H3. The number of hydrogen-bond acceptors (Lipinski definition) is 6. The highest BCUT2D eigenvalue weighted by Crippen LogP contribution is 2.38. The third kappa shape index (κ3) is 3.46. The molecule has 0 bridgehead atoms. The van der Waals surface area contributed by atoms with E-state index in [4.69, 9.17) is 0 Å². The van der Waals surface area contributed by atoms with E-state index in [-0.39, 0.29) is 24.3 Å².